The predicted molar refractivity (Wildman–Crippen MR) is 223 cm³/mol. The van der Waals surface area contributed by atoms with E-state index in [9.17, 15) is 0 Å². The third-order valence-corrected chi connectivity index (χ3v) is 11.6. The van der Waals surface area contributed by atoms with Crippen molar-refractivity contribution in [1.82, 2.24) is 0 Å². The van der Waals surface area contributed by atoms with Crippen molar-refractivity contribution in [2.45, 2.75) is 24.7 Å². The fourth-order valence-electron chi connectivity index (χ4n) is 9.04. The molecule has 0 bridgehead atoms. The van der Waals surface area contributed by atoms with Gasteiger partial charge in [0, 0.05) is 33.6 Å². The van der Waals surface area contributed by atoms with Crippen molar-refractivity contribution in [1.29, 1.82) is 0 Å². The van der Waals surface area contributed by atoms with E-state index >= 15 is 0 Å². The molecule has 8 aromatic carbocycles. The van der Waals surface area contributed by atoms with Gasteiger partial charge in [-0.1, -0.05) is 166 Å². The third-order valence-electron chi connectivity index (χ3n) is 11.6. The second-order valence-electron chi connectivity index (χ2n) is 14.9. The topological polar surface area (TPSA) is 12.5 Å². The molecule has 1 heterocycles. The molecular weight excluding hydrogens is 655 g/mol. The Morgan fingerprint density at radius 3 is 1.59 bits per heavy atom. The Balaban J connectivity index is 1.16. The van der Waals surface area contributed by atoms with Crippen molar-refractivity contribution in [2.24, 2.45) is 0 Å². The van der Waals surface area contributed by atoms with Gasteiger partial charge in [-0.2, -0.15) is 0 Å². The zero-order valence-electron chi connectivity index (χ0n) is 30.4. The predicted octanol–water partition coefficient (Wildman–Crippen LogP) is 13.6. The number of rotatable bonds is 6. The summed E-state index contributed by atoms with van der Waals surface area (Å²) in [6.07, 6.45) is 0. The van der Waals surface area contributed by atoms with Crippen LogP contribution in [0, 0.1) is 0 Å². The minimum atomic E-state index is -0.453. The SMILES string of the molecule is CC1(C)c2ccccc2Oc2ccc(N(c3ccc(C4(c5ccccc5)c5ccccc5-c5ccccc54)cc3)c3cccc(-c4ccccc4)c3)cc21. The number of hydrogen-bond donors (Lipinski definition) is 0. The molecule has 2 aliphatic rings. The third kappa shape index (κ3) is 4.87. The van der Waals surface area contributed by atoms with Gasteiger partial charge < -0.3 is 9.64 Å². The van der Waals surface area contributed by atoms with Gasteiger partial charge in [0.15, 0.2) is 0 Å². The molecule has 0 spiro atoms. The molecule has 0 radical (unpaired) electrons. The highest BCUT2D eigenvalue weighted by atomic mass is 16.5. The van der Waals surface area contributed by atoms with Crippen LogP contribution in [0.25, 0.3) is 22.3 Å². The second kappa shape index (κ2) is 12.5. The second-order valence-corrected chi connectivity index (χ2v) is 14.9. The van der Waals surface area contributed by atoms with Crippen LogP contribution < -0.4 is 9.64 Å². The van der Waals surface area contributed by atoms with E-state index in [1.165, 1.54) is 55.6 Å². The highest BCUT2D eigenvalue weighted by Gasteiger charge is 2.46. The first-order valence-electron chi connectivity index (χ1n) is 18.8. The molecule has 1 aliphatic carbocycles. The number of anilines is 3. The van der Waals surface area contributed by atoms with Gasteiger partial charge in [0.05, 0.1) is 5.41 Å². The van der Waals surface area contributed by atoms with Gasteiger partial charge >= 0.3 is 0 Å². The molecule has 0 aromatic heterocycles. The highest BCUT2D eigenvalue weighted by molar-refractivity contribution is 5.87. The summed E-state index contributed by atoms with van der Waals surface area (Å²) in [4.78, 5) is 2.39. The summed E-state index contributed by atoms with van der Waals surface area (Å²) in [5.41, 5.74) is 15.0. The lowest BCUT2D eigenvalue weighted by Gasteiger charge is -2.36. The Hall–Kier alpha value is -6.64. The maximum atomic E-state index is 6.50. The van der Waals surface area contributed by atoms with Crippen molar-refractivity contribution >= 4 is 17.1 Å². The van der Waals surface area contributed by atoms with E-state index in [-0.39, 0.29) is 5.41 Å². The summed E-state index contributed by atoms with van der Waals surface area (Å²) in [6, 6.07) is 72.7. The largest absolute Gasteiger partial charge is 0.457 e. The average Bonchev–Trinajstić information content (AvgIpc) is 3.53. The maximum absolute atomic E-state index is 6.50. The van der Waals surface area contributed by atoms with E-state index in [1.54, 1.807) is 0 Å². The molecular formula is C52H39NO. The van der Waals surface area contributed by atoms with Gasteiger partial charge in [0.25, 0.3) is 0 Å². The fourth-order valence-corrected chi connectivity index (χ4v) is 9.04. The Morgan fingerprint density at radius 1 is 0.370 bits per heavy atom. The van der Waals surface area contributed by atoms with Crippen LogP contribution in [0.1, 0.15) is 47.2 Å². The molecule has 1 aliphatic heterocycles. The summed E-state index contributed by atoms with van der Waals surface area (Å²) < 4.78 is 6.50. The van der Waals surface area contributed by atoms with E-state index in [0.717, 1.165) is 28.6 Å². The normalized spacial score (nSPS) is 14.2. The van der Waals surface area contributed by atoms with Gasteiger partial charge in [0.1, 0.15) is 11.5 Å². The van der Waals surface area contributed by atoms with Gasteiger partial charge in [0.2, 0.25) is 0 Å². The van der Waals surface area contributed by atoms with Crippen molar-refractivity contribution < 1.29 is 4.74 Å². The first kappa shape index (κ1) is 32.0. The van der Waals surface area contributed by atoms with Crippen molar-refractivity contribution in [2.75, 3.05) is 4.90 Å². The summed E-state index contributed by atoms with van der Waals surface area (Å²) in [5.74, 6) is 1.83. The Kier molecular flexibility index (Phi) is 7.42. The molecule has 0 unspecified atom stereocenters. The Bertz CT molecular complexity index is 2610. The van der Waals surface area contributed by atoms with E-state index in [2.05, 4.69) is 213 Å². The smallest absolute Gasteiger partial charge is 0.131 e. The molecule has 0 amide bonds. The molecule has 0 fully saturated rings. The summed E-state index contributed by atoms with van der Waals surface area (Å²) in [7, 11) is 0. The summed E-state index contributed by atoms with van der Waals surface area (Å²) in [5, 5.41) is 0. The van der Waals surface area contributed by atoms with Crippen LogP contribution in [0.4, 0.5) is 17.1 Å². The molecule has 8 aromatic rings. The van der Waals surface area contributed by atoms with Crippen LogP contribution in [0.15, 0.2) is 200 Å². The monoisotopic (exact) mass is 693 g/mol. The van der Waals surface area contributed by atoms with Crippen molar-refractivity contribution in [3.05, 3.63) is 234 Å². The van der Waals surface area contributed by atoms with Gasteiger partial charge in [-0.25, -0.2) is 0 Å². The van der Waals surface area contributed by atoms with Crippen LogP contribution in [0.2, 0.25) is 0 Å². The minimum Gasteiger partial charge on any atom is -0.457 e. The van der Waals surface area contributed by atoms with Gasteiger partial charge in [-0.15, -0.1) is 0 Å². The van der Waals surface area contributed by atoms with E-state index in [1.807, 2.05) is 6.07 Å². The maximum Gasteiger partial charge on any atom is 0.131 e. The number of fused-ring (bicyclic) bond motifs is 5. The van der Waals surface area contributed by atoms with E-state index in [4.69, 9.17) is 4.74 Å². The Morgan fingerprint density at radius 2 is 0.889 bits per heavy atom. The van der Waals surface area contributed by atoms with E-state index < -0.39 is 5.41 Å². The molecule has 54 heavy (non-hydrogen) atoms. The molecule has 0 saturated heterocycles. The highest BCUT2D eigenvalue weighted by Crippen LogP contribution is 2.56. The lowest BCUT2D eigenvalue weighted by atomic mass is 9.68. The fraction of sp³-hybridized carbons (Fsp3) is 0.0769. The van der Waals surface area contributed by atoms with Gasteiger partial charge in [-0.3, -0.25) is 0 Å². The van der Waals surface area contributed by atoms with Crippen LogP contribution in [0.5, 0.6) is 11.5 Å². The standard InChI is InChI=1S/C52H39NO/c1-51(2)47-26-13-14-27-49(47)54-50-33-32-42(35-48(50)51)53(41-21-15-18-37(34-41)36-16-5-3-6-17-36)40-30-28-39(29-31-40)52(38-19-7-4-8-20-38)45-24-11-9-22-43(45)44-23-10-12-25-46(44)52/h3-35H,1-2H3. The van der Waals surface area contributed by atoms with Crippen LogP contribution >= 0.6 is 0 Å². The zero-order chi connectivity index (χ0) is 36.3. The first-order chi connectivity index (χ1) is 26.5. The zero-order valence-corrected chi connectivity index (χ0v) is 30.4. The van der Waals surface area contributed by atoms with Crippen molar-refractivity contribution in [3.63, 3.8) is 0 Å². The van der Waals surface area contributed by atoms with Crippen LogP contribution in [-0.2, 0) is 10.8 Å². The first-order valence-corrected chi connectivity index (χ1v) is 18.8. The molecule has 0 saturated carbocycles. The number of para-hydroxylation sites is 1. The molecule has 0 N–H and O–H groups in total. The quantitative estimate of drug-likeness (QED) is 0.172. The lowest BCUT2D eigenvalue weighted by molar-refractivity contribution is 0.418. The number of ether oxygens (including phenoxy) is 1. The number of benzene rings is 8. The average molecular weight is 694 g/mol. The molecule has 2 heteroatoms. The summed E-state index contributed by atoms with van der Waals surface area (Å²) >= 11 is 0. The van der Waals surface area contributed by atoms with Crippen molar-refractivity contribution in [3.8, 4) is 33.8 Å². The molecule has 2 nitrogen and oxygen atoms in total. The number of nitrogens with zero attached hydrogens (tertiary/aromatic N) is 1. The Labute approximate surface area is 317 Å². The molecule has 10 rings (SSSR count). The molecule has 258 valence electrons. The number of hydrogen-bond acceptors (Lipinski definition) is 2. The van der Waals surface area contributed by atoms with Crippen LogP contribution in [0.3, 0.4) is 0 Å². The minimum absolute atomic E-state index is 0.243. The van der Waals surface area contributed by atoms with E-state index in [0.29, 0.717) is 0 Å². The lowest BCUT2D eigenvalue weighted by Crippen LogP contribution is -2.28. The van der Waals surface area contributed by atoms with Crippen LogP contribution in [-0.4, -0.2) is 0 Å². The van der Waals surface area contributed by atoms with Gasteiger partial charge in [-0.05, 0) is 93.0 Å². The summed E-state index contributed by atoms with van der Waals surface area (Å²) in [6.45, 7) is 4.60. The molecule has 0 atom stereocenters.